The van der Waals surface area contributed by atoms with Crippen LogP contribution in [-0.4, -0.2) is 22.6 Å². The highest BCUT2D eigenvalue weighted by atomic mass is 16.5. The van der Waals surface area contributed by atoms with Crippen molar-refractivity contribution in [1.29, 1.82) is 0 Å². The van der Waals surface area contributed by atoms with Gasteiger partial charge in [0, 0.05) is 12.7 Å². The first-order valence-electron chi connectivity index (χ1n) is 5.67. The fraction of sp³-hybridized carbons (Fsp3) is 0.308. The molecule has 0 amide bonds. The van der Waals surface area contributed by atoms with Crippen LogP contribution in [0.2, 0.25) is 0 Å². The number of carbonyl (C=O) groups is 1. The lowest BCUT2D eigenvalue weighted by Crippen LogP contribution is -2.19. The number of fused-ring (bicyclic) bond motifs is 1. The van der Waals surface area contributed by atoms with Crippen molar-refractivity contribution in [2.24, 2.45) is 0 Å². The van der Waals surface area contributed by atoms with Crippen LogP contribution in [0.25, 0.3) is 10.9 Å². The van der Waals surface area contributed by atoms with E-state index in [1.165, 1.54) is 7.11 Å². The Morgan fingerprint density at radius 3 is 2.83 bits per heavy atom. The molecule has 0 bridgehead atoms. The topological polar surface area (TPSA) is 61.2 Å². The SMILES string of the molecule is CCn1ccc2nc(C)c(C(=O)OC)cc2c1=O. The van der Waals surface area contributed by atoms with Gasteiger partial charge in [0.15, 0.2) is 0 Å². The Balaban J connectivity index is 2.79. The van der Waals surface area contributed by atoms with Crippen LogP contribution in [0.5, 0.6) is 0 Å². The van der Waals surface area contributed by atoms with Crippen molar-refractivity contribution in [2.45, 2.75) is 20.4 Å². The maximum Gasteiger partial charge on any atom is 0.339 e. The largest absolute Gasteiger partial charge is 0.465 e. The van der Waals surface area contributed by atoms with Crippen molar-refractivity contribution in [3.8, 4) is 0 Å². The molecule has 0 aliphatic rings. The smallest absolute Gasteiger partial charge is 0.339 e. The lowest BCUT2D eigenvalue weighted by molar-refractivity contribution is 0.0599. The normalized spacial score (nSPS) is 10.6. The van der Waals surface area contributed by atoms with E-state index in [1.54, 1.807) is 29.8 Å². The maximum absolute atomic E-state index is 12.1. The van der Waals surface area contributed by atoms with E-state index >= 15 is 0 Å². The minimum absolute atomic E-state index is 0.146. The van der Waals surface area contributed by atoms with Gasteiger partial charge in [-0.2, -0.15) is 0 Å². The van der Waals surface area contributed by atoms with Gasteiger partial charge >= 0.3 is 5.97 Å². The minimum Gasteiger partial charge on any atom is -0.465 e. The van der Waals surface area contributed by atoms with Gasteiger partial charge in [0.25, 0.3) is 5.56 Å². The summed E-state index contributed by atoms with van der Waals surface area (Å²) >= 11 is 0. The molecule has 0 aliphatic carbocycles. The first-order valence-corrected chi connectivity index (χ1v) is 5.67. The van der Waals surface area contributed by atoms with E-state index in [-0.39, 0.29) is 5.56 Å². The molecule has 0 N–H and O–H groups in total. The zero-order valence-electron chi connectivity index (χ0n) is 10.6. The Kier molecular flexibility index (Phi) is 3.14. The molecular weight excluding hydrogens is 232 g/mol. The second-order valence-corrected chi connectivity index (χ2v) is 3.95. The number of nitrogens with zero attached hydrogens (tertiary/aromatic N) is 2. The molecule has 2 aromatic heterocycles. The van der Waals surface area contributed by atoms with Gasteiger partial charge in [-0.15, -0.1) is 0 Å². The van der Waals surface area contributed by atoms with Gasteiger partial charge in [0.05, 0.1) is 29.3 Å². The van der Waals surface area contributed by atoms with Crippen LogP contribution in [0.3, 0.4) is 0 Å². The van der Waals surface area contributed by atoms with Crippen LogP contribution >= 0.6 is 0 Å². The predicted octanol–water partition coefficient (Wildman–Crippen LogP) is 1.51. The molecule has 5 heteroatoms. The number of hydrogen-bond acceptors (Lipinski definition) is 4. The van der Waals surface area contributed by atoms with Crippen molar-refractivity contribution in [1.82, 2.24) is 9.55 Å². The Bertz CT molecular complexity index is 674. The number of aromatic nitrogens is 2. The molecule has 94 valence electrons. The average Bonchev–Trinajstić information content (AvgIpc) is 2.38. The lowest BCUT2D eigenvalue weighted by atomic mass is 10.1. The summed E-state index contributed by atoms with van der Waals surface area (Å²) in [5, 5.41) is 0.436. The van der Waals surface area contributed by atoms with Crippen molar-refractivity contribution in [3.63, 3.8) is 0 Å². The maximum atomic E-state index is 12.1. The quantitative estimate of drug-likeness (QED) is 0.753. The second-order valence-electron chi connectivity index (χ2n) is 3.95. The minimum atomic E-state index is -0.479. The highest BCUT2D eigenvalue weighted by Crippen LogP contribution is 2.14. The Morgan fingerprint density at radius 2 is 2.22 bits per heavy atom. The molecule has 2 aromatic rings. The molecule has 0 saturated heterocycles. The van der Waals surface area contributed by atoms with Gasteiger partial charge in [-0.3, -0.25) is 9.78 Å². The zero-order chi connectivity index (χ0) is 13.3. The van der Waals surface area contributed by atoms with Crippen molar-refractivity contribution >= 4 is 16.9 Å². The summed E-state index contributed by atoms with van der Waals surface area (Å²) in [6.07, 6.45) is 1.70. The highest BCUT2D eigenvalue weighted by Gasteiger charge is 2.13. The summed E-state index contributed by atoms with van der Waals surface area (Å²) in [4.78, 5) is 27.9. The van der Waals surface area contributed by atoms with Crippen LogP contribution in [-0.2, 0) is 11.3 Å². The molecule has 2 heterocycles. The van der Waals surface area contributed by atoms with Crippen LogP contribution in [0.15, 0.2) is 23.1 Å². The fourth-order valence-corrected chi connectivity index (χ4v) is 1.87. The van der Waals surface area contributed by atoms with Crippen molar-refractivity contribution in [2.75, 3.05) is 7.11 Å². The standard InChI is InChI=1S/C13H14N2O3/c1-4-15-6-5-11-10(12(15)16)7-9(8(2)14-11)13(17)18-3/h5-7H,4H2,1-3H3. The molecule has 5 nitrogen and oxygen atoms in total. The third-order valence-electron chi connectivity index (χ3n) is 2.89. The number of methoxy groups -OCH3 is 1. The monoisotopic (exact) mass is 246 g/mol. The third-order valence-corrected chi connectivity index (χ3v) is 2.89. The van der Waals surface area contributed by atoms with E-state index < -0.39 is 5.97 Å². The summed E-state index contributed by atoms with van der Waals surface area (Å²) < 4.78 is 6.24. The lowest BCUT2D eigenvalue weighted by Gasteiger charge is -2.07. The van der Waals surface area contributed by atoms with Crippen molar-refractivity contribution in [3.05, 3.63) is 39.9 Å². The van der Waals surface area contributed by atoms with Crippen LogP contribution in [0.1, 0.15) is 23.0 Å². The van der Waals surface area contributed by atoms with Gasteiger partial charge in [-0.25, -0.2) is 4.79 Å². The van der Waals surface area contributed by atoms with E-state index in [2.05, 4.69) is 9.72 Å². The summed E-state index contributed by atoms with van der Waals surface area (Å²) in [5.74, 6) is -0.479. The van der Waals surface area contributed by atoms with E-state index in [9.17, 15) is 9.59 Å². The van der Waals surface area contributed by atoms with E-state index in [4.69, 9.17) is 0 Å². The van der Waals surface area contributed by atoms with Crippen LogP contribution in [0.4, 0.5) is 0 Å². The molecule has 0 spiro atoms. The van der Waals surface area contributed by atoms with E-state index in [1.807, 2.05) is 6.92 Å². The molecule has 0 unspecified atom stereocenters. The molecule has 0 radical (unpaired) electrons. The molecule has 0 aromatic carbocycles. The van der Waals surface area contributed by atoms with Gasteiger partial charge in [-0.05, 0) is 26.0 Å². The summed E-state index contributed by atoms with van der Waals surface area (Å²) in [6, 6.07) is 3.33. The van der Waals surface area contributed by atoms with Crippen molar-refractivity contribution < 1.29 is 9.53 Å². The molecule has 0 atom stereocenters. The molecule has 18 heavy (non-hydrogen) atoms. The number of esters is 1. The first-order chi connectivity index (χ1) is 8.58. The number of carbonyl (C=O) groups excluding carboxylic acids is 1. The highest BCUT2D eigenvalue weighted by molar-refractivity contribution is 5.94. The van der Waals surface area contributed by atoms with E-state index in [0.717, 1.165) is 0 Å². The molecule has 0 saturated carbocycles. The number of aryl methyl sites for hydroxylation is 2. The molecule has 2 rings (SSSR count). The van der Waals surface area contributed by atoms with E-state index in [0.29, 0.717) is 28.7 Å². The number of ether oxygens (including phenoxy) is 1. The van der Waals surface area contributed by atoms with Crippen LogP contribution in [0, 0.1) is 6.92 Å². The average molecular weight is 246 g/mol. The summed E-state index contributed by atoms with van der Waals surface area (Å²) in [7, 11) is 1.31. The molecule has 0 aliphatic heterocycles. The number of rotatable bonds is 2. The third kappa shape index (κ3) is 1.88. The summed E-state index contributed by atoms with van der Waals surface area (Å²) in [6.45, 7) is 4.18. The van der Waals surface area contributed by atoms with Crippen LogP contribution < -0.4 is 5.56 Å². The molecule has 0 fully saturated rings. The Labute approximate surface area is 104 Å². The number of hydrogen-bond donors (Lipinski definition) is 0. The van der Waals surface area contributed by atoms with Gasteiger partial charge in [-0.1, -0.05) is 0 Å². The predicted molar refractivity (Wildman–Crippen MR) is 67.8 cm³/mol. The Hall–Kier alpha value is -2.17. The summed E-state index contributed by atoms with van der Waals surface area (Å²) in [5.41, 5.74) is 1.33. The second kappa shape index (κ2) is 4.60. The van der Waals surface area contributed by atoms with Gasteiger partial charge in [0.2, 0.25) is 0 Å². The Morgan fingerprint density at radius 1 is 1.50 bits per heavy atom. The molecular formula is C13H14N2O3. The van der Waals surface area contributed by atoms with Gasteiger partial charge < -0.3 is 9.30 Å². The number of pyridine rings is 2. The first kappa shape index (κ1) is 12.3. The fourth-order valence-electron chi connectivity index (χ4n) is 1.87. The van der Waals surface area contributed by atoms with Gasteiger partial charge in [0.1, 0.15) is 0 Å². The zero-order valence-corrected chi connectivity index (χ0v) is 10.6.